The molecule has 0 aliphatic rings. The van der Waals surface area contributed by atoms with Crippen molar-refractivity contribution in [3.63, 3.8) is 0 Å². The van der Waals surface area contributed by atoms with Crippen LogP contribution in [0.4, 0.5) is 0 Å². The summed E-state index contributed by atoms with van der Waals surface area (Å²) in [7, 11) is 0.00661. The van der Waals surface area contributed by atoms with Crippen LogP contribution in [0.1, 0.15) is 0 Å². The van der Waals surface area contributed by atoms with Gasteiger partial charge >= 0.3 is 7.12 Å². The summed E-state index contributed by atoms with van der Waals surface area (Å²) in [6.07, 6.45) is 2.89. The van der Waals surface area contributed by atoms with Crippen molar-refractivity contribution in [2.75, 3.05) is 7.11 Å². The van der Waals surface area contributed by atoms with Gasteiger partial charge in [-0.15, -0.1) is 0 Å². The van der Waals surface area contributed by atoms with Crippen molar-refractivity contribution in [2.45, 2.75) is 0 Å². The van der Waals surface area contributed by atoms with Gasteiger partial charge in [-0.2, -0.15) is 5.10 Å². The lowest BCUT2D eigenvalue weighted by Gasteiger charge is -2.05. The lowest BCUT2D eigenvalue weighted by atomic mass is 9.83. The van der Waals surface area contributed by atoms with E-state index in [-0.39, 0.29) is 0 Å². The predicted octanol–water partition coefficient (Wildman–Crippen LogP) is 0.214. The SMILES string of the molecule is COc1ccc(-n2cc(B(O)O)cn2)cc1Cl. The van der Waals surface area contributed by atoms with Crippen molar-refractivity contribution < 1.29 is 14.8 Å². The summed E-state index contributed by atoms with van der Waals surface area (Å²) in [5, 5.41) is 22.4. The fourth-order valence-corrected chi connectivity index (χ4v) is 1.66. The second kappa shape index (κ2) is 4.79. The van der Waals surface area contributed by atoms with Gasteiger partial charge in [-0.3, -0.25) is 0 Å². The second-order valence-electron chi connectivity index (χ2n) is 3.41. The number of nitrogens with zero attached hydrogens (tertiary/aromatic N) is 2. The van der Waals surface area contributed by atoms with Crippen molar-refractivity contribution in [1.29, 1.82) is 0 Å². The first-order chi connectivity index (χ1) is 8.11. The van der Waals surface area contributed by atoms with Gasteiger partial charge in [0.05, 0.1) is 17.8 Å². The summed E-state index contributed by atoms with van der Waals surface area (Å²) < 4.78 is 6.54. The molecular weight excluding hydrogens is 242 g/mol. The number of methoxy groups -OCH3 is 1. The van der Waals surface area contributed by atoms with Crippen LogP contribution in [0.25, 0.3) is 5.69 Å². The molecule has 2 N–H and O–H groups in total. The molecule has 1 aromatic carbocycles. The molecule has 17 heavy (non-hydrogen) atoms. The first-order valence-electron chi connectivity index (χ1n) is 4.86. The smallest absolute Gasteiger partial charge is 0.491 e. The van der Waals surface area contributed by atoms with Crippen LogP contribution >= 0.6 is 11.6 Å². The standard InChI is InChI=1S/C10H10BClN2O3/c1-17-10-3-2-8(4-9(10)12)14-6-7(5-13-14)11(15)16/h2-6,15-16H,1H3. The minimum Gasteiger partial charge on any atom is -0.495 e. The van der Waals surface area contributed by atoms with Crippen LogP contribution in [-0.2, 0) is 0 Å². The van der Waals surface area contributed by atoms with Gasteiger partial charge in [0.15, 0.2) is 0 Å². The maximum absolute atomic E-state index is 8.98. The van der Waals surface area contributed by atoms with E-state index in [1.54, 1.807) is 18.2 Å². The Morgan fingerprint density at radius 3 is 2.71 bits per heavy atom. The zero-order valence-electron chi connectivity index (χ0n) is 9.04. The summed E-state index contributed by atoms with van der Waals surface area (Å²) in [6.45, 7) is 0. The molecule has 0 aliphatic heterocycles. The molecule has 0 saturated carbocycles. The Balaban J connectivity index is 2.36. The van der Waals surface area contributed by atoms with E-state index >= 15 is 0 Å². The average molecular weight is 252 g/mol. The zero-order valence-corrected chi connectivity index (χ0v) is 9.80. The summed E-state index contributed by atoms with van der Waals surface area (Å²) in [5.74, 6) is 0.574. The average Bonchev–Trinajstić information content (AvgIpc) is 2.78. The Morgan fingerprint density at radius 1 is 1.41 bits per heavy atom. The molecule has 1 heterocycles. The Kier molecular flexibility index (Phi) is 3.37. The number of halogens is 1. The van der Waals surface area contributed by atoms with Gasteiger partial charge < -0.3 is 14.8 Å². The summed E-state index contributed by atoms with van der Waals surface area (Å²) in [6, 6.07) is 5.17. The highest BCUT2D eigenvalue weighted by Gasteiger charge is 2.14. The van der Waals surface area contributed by atoms with Crippen LogP contribution in [0.15, 0.2) is 30.6 Å². The van der Waals surface area contributed by atoms with Gasteiger partial charge in [-0.1, -0.05) is 11.6 Å². The van der Waals surface area contributed by atoms with E-state index in [0.29, 0.717) is 21.9 Å². The molecule has 2 rings (SSSR count). The van der Waals surface area contributed by atoms with E-state index < -0.39 is 7.12 Å². The van der Waals surface area contributed by atoms with Crippen molar-refractivity contribution in [3.8, 4) is 11.4 Å². The highest BCUT2D eigenvalue weighted by atomic mass is 35.5. The summed E-state index contributed by atoms with van der Waals surface area (Å²) in [5.41, 5.74) is 1.03. The Morgan fingerprint density at radius 2 is 2.18 bits per heavy atom. The van der Waals surface area contributed by atoms with Crippen LogP contribution in [0.3, 0.4) is 0 Å². The lowest BCUT2D eigenvalue weighted by molar-refractivity contribution is 0.415. The van der Waals surface area contributed by atoms with Crippen LogP contribution in [0.2, 0.25) is 5.02 Å². The van der Waals surface area contributed by atoms with Crippen LogP contribution in [0.5, 0.6) is 5.75 Å². The molecule has 0 spiro atoms. The molecule has 0 unspecified atom stereocenters. The quantitative estimate of drug-likeness (QED) is 0.767. The minimum absolute atomic E-state index is 0.317. The molecule has 0 fully saturated rings. The van der Waals surface area contributed by atoms with Gasteiger partial charge in [0.1, 0.15) is 5.75 Å². The third-order valence-electron chi connectivity index (χ3n) is 2.30. The Hall–Kier alpha value is -1.50. The maximum atomic E-state index is 8.98. The van der Waals surface area contributed by atoms with Crippen LogP contribution < -0.4 is 10.2 Å². The van der Waals surface area contributed by atoms with Gasteiger partial charge in [-0.25, -0.2) is 4.68 Å². The molecule has 0 bridgehead atoms. The van der Waals surface area contributed by atoms with Gasteiger partial charge in [0.25, 0.3) is 0 Å². The molecule has 0 atom stereocenters. The normalized spacial score (nSPS) is 10.4. The number of hydrogen-bond acceptors (Lipinski definition) is 4. The fourth-order valence-electron chi connectivity index (χ4n) is 1.41. The number of aromatic nitrogens is 2. The third-order valence-corrected chi connectivity index (χ3v) is 2.60. The van der Waals surface area contributed by atoms with E-state index in [9.17, 15) is 0 Å². The van der Waals surface area contributed by atoms with E-state index in [0.717, 1.165) is 0 Å². The van der Waals surface area contributed by atoms with Gasteiger partial charge in [0, 0.05) is 17.9 Å². The second-order valence-corrected chi connectivity index (χ2v) is 3.82. The van der Waals surface area contributed by atoms with Crippen molar-refractivity contribution in [2.24, 2.45) is 0 Å². The summed E-state index contributed by atoms with van der Waals surface area (Å²) in [4.78, 5) is 0. The van der Waals surface area contributed by atoms with Crippen LogP contribution in [-0.4, -0.2) is 34.1 Å². The van der Waals surface area contributed by atoms with Gasteiger partial charge in [-0.05, 0) is 18.2 Å². The highest BCUT2D eigenvalue weighted by molar-refractivity contribution is 6.58. The molecule has 1 aromatic heterocycles. The monoisotopic (exact) mass is 252 g/mol. The van der Waals surface area contributed by atoms with E-state index in [4.69, 9.17) is 26.4 Å². The van der Waals surface area contributed by atoms with Crippen molar-refractivity contribution in [3.05, 3.63) is 35.6 Å². The topological polar surface area (TPSA) is 67.5 Å². The first kappa shape index (κ1) is 12.0. The molecule has 0 radical (unpaired) electrons. The number of ether oxygens (including phenoxy) is 1. The van der Waals surface area contributed by atoms with Gasteiger partial charge in [0.2, 0.25) is 0 Å². The molecule has 88 valence electrons. The number of hydrogen-bond donors (Lipinski definition) is 2. The largest absolute Gasteiger partial charge is 0.495 e. The van der Waals surface area contributed by atoms with Crippen LogP contribution in [0, 0.1) is 0 Å². The maximum Gasteiger partial charge on any atom is 0.491 e. The van der Waals surface area contributed by atoms with E-state index in [1.807, 2.05) is 0 Å². The minimum atomic E-state index is -1.53. The Bertz CT molecular complexity index is 530. The predicted molar refractivity (Wildman–Crippen MR) is 65.0 cm³/mol. The fraction of sp³-hybridized carbons (Fsp3) is 0.100. The molecule has 0 aliphatic carbocycles. The molecule has 7 heteroatoms. The molecular formula is C10H10BClN2O3. The molecule has 5 nitrogen and oxygen atoms in total. The van der Waals surface area contributed by atoms with Crippen molar-refractivity contribution in [1.82, 2.24) is 9.78 Å². The molecule has 0 saturated heterocycles. The Labute approximate surface area is 103 Å². The van der Waals surface area contributed by atoms with E-state index in [1.165, 1.54) is 24.2 Å². The molecule has 0 amide bonds. The number of benzene rings is 1. The highest BCUT2D eigenvalue weighted by Crippen LogP contribution is 2.26. The zero-order chi connectivity index (χ0) is 12.4. The number of rotatable bonds is 3. The summed E-state index contributed by atoms with van der Waals surface area (Å²) >= 11 is 5.98. The first-order valence-corrected chi connectivity index (χ1v) is 5.24. The van der Waals surface area contributed by atoms with E-state index in [2.05, 4.69) is 5.10 Å². The molecule has 2 aromatic rings. The third kappa shape index (κ3) is 2.44. The van der Waals surface area contributed by atoms with Crippen molar-refractivity contribution >= 4 is 24.2 Å². The lowest BCUT2D eigenvalue weighted by Crippen LogP contribution is -2.28.